The van der Waals surface area contributed by atoms with Gasteiger partial charge in [-0.2, -0.15) is 12.6 Å². The van der Waals surface area contributed by atoms with E-state index in [1.54, 1.807) is 13.8 Å². The highest BCUT2D eigenvalue weighted by Gasteiger charge is 2.31. The van der Waals surface area contributed by atoms with E-state index in [0.717, 1.165) is 0 Å². The molecule has 0 bridgehead atoms. The number of aliphatic hydroxyl groups is 1. The summed E-state index contributed by atoms with van der Waals surface area (Å²) in [6.07, 6.45) is -1.28. The van der Waals surface area contributed by atoms with Gasteiger partial charge in [-0.1, -0.05) is 13.8 Å². The minimum Gasteiger partial charge on any atom is -0.480 e. The number of aliphatic hydroxyl groups excluding tert-OH is 1. The second kappa shape index (κ2) is 10.9. The lowest BCUT2D eigenvalue weighted by atomic mass is 10.0. The second-order valence-corrected chi connectivity index (χ2v) is 6.23. The third-order valence-corrected chi connectivity index (χ3v) is 3.66. The van der Waals surface area contributed by atoms with Crippen LogP contribution in [-0.4, -0.2) is 70.4 Å². The number of aliphatic carboxylic acids is 1. The first kappa shape index (κ1) is 23.1. The summed E-state index contributed by atoms with van der Waals surface area (Å²) in [5.74, 6) is -3.70. The zero-order chi connectivity index (χ0) is 19.7. The van der Waals surface area contributed by atoms with E-state index in [2.05, 4.69) is 28.6 Å². The molecule has 4 unspecified atom stereocenters. The number of nitrogens with two attached hydrogens (primary N) is 1. The van der Waals surface area contributed by atoms with Crippen molar-refractivity contribution in [2.45, 2.75) is 45.0 Å². The molecule has 0 aromatic heterocycles. The van der Waals surface area contributed by atoms with E-state index in [0.29, 0.717) is 0 Å². The average molecular weight is 378 g/mol. The summed E-state index contributed by atoms with van der Waals surface area (Å²) in [5.41, 5.74) is 5.43. The van der Waals surface area contributed by atoms with E-state index in [-0.39, 0.29) is 5.75 Å². The molecule has 0 fully saturated rings. The fraction of sp³-hybridized carbons (Fsp3) is 0.714. The molecule has 0 spiro atoms. The van der Waals surface area contributed by atoms with Crippen LogP contribution in [0.5, 0.6) is 0 Å². The maximum absolute atomic E-state index is 12.2. The van der Waals surface area contributed by atoms with Crippen LogP contribution in [0.25, 0.3) is 0 Å². The van der Waals surface area contributed by atoms with Crippen molar-refractivity contribution in [1.29, 1.82) is 0 Å². The van der Waals surface area contributed by atoms with Gasteiger partial charge in [0.1, 0.15) is 12.1 Å². The van der Waals surface area contributed by atoms with Gasteiger partial charge in [0, 0.05) is 5.75 Å². The fourth-order valence-corrected chi connectivity index (χ4v) is 1.93. The molecule has 0 heterocycles. The van der Waals surface area contributed by atoms with Gasteiger partial charge in [-0.05, 0) is 12.8 Å². The van der Waals surface area contributed by atoms with Crippen molar-refractivity contribution in [3.8, 4) is 0 Å². The molecule has 0 aliphatic heterocycles. The Morgan fingerprint density at radius 3 is 2.00 bits per heavy atom. The van der Waals surface area contributed by atoms with Gasteiger partial charge in [0.25, 0.3) is 0 Å². The lowest BCUT2D eigenvalue weighted by Gasteiger charge is -2.25. The van der Waals surface area contributed by atoms with Crippen molar-refractivity contribution in [3.05, 3.63) is 0 Å². The number of nitrogens with one attached hydrogen (secondary N) is 3. The smallest absolute Gasteiger partial charge is 0.326 e. The van der Waals surface area contributed by atoms with Gasteiger partial charge in [-0.3, -0.25) is 14.4 Å². The van der Waals surface area contributed by atoms with Gasteiger partial charge in [0.2, 0.25) is 17.7 Å². The average Bonchev–Trinajstić information content (AvgIpc) is 2.53. The molecule has 0 aliphatic carbocycles. The summed E-state index contributed by atoms with van der Waals surface area (Å²) >= 11 is 3.85. The summed E-state index contributed by atoms with van der Waals surface area (Å²) in [6, 6.07) is -3.42. The van der Waals surface area contributed by atoms with Gasteiger partial charge in [0.05, 0.1) is 18.7 Å². The second-order valence-electron chi connectivity index (χ2n) is 5.86. The Balaban J connectivity index is 4.79. The van der Waals surface area contributed by atoms with Gasteiger partial charge in [0.15, 0.2) is 0 Å². The summed E-state index contributed by atoms with van der Waals surface area (Å²) in [4.78, 5) is 46.6. The van der Waals surface area contributed by atoms with E-state index in [1.807, 2.05) is 0 Å². The molecule has 0 aliphatic rings. The number of amides is 3. The van der Waals surface area contributed by atoms with Gasteiger partial charge in [-0.25, -0.2) is 4.79 Å². The van der Waals surface area contributed by atoms with Crippen molar-refractivity contribution in [3.63, 3.8) is 0 Å². The van der Waals surface area contributed by atoms with Gasteiger partial charge in [-0.15, -0.1) is 0 Å². The first-order valence-corrected chi connectivity index (χ1v) is 8.29. The summed E-state index contributed by atoms with van der Waals surface area (Å²) < 4.78 is 0. The van der Waals surface area contributed by atoms with Crippen molar-refractivity contribution in [2.75, 3.05) is 12.3 Å². The molecular formula is C14H26N4O6S. The van der Waals surface area contributed by atoms with E-state index < -0.39 is 60.4 Å². The van der Waals surface area contributed by atoms with Gasteiger partial charge < -0.3 is 31.9 Å². The number of carboxylic acid groups (broad SMARTS) is 1. The number of hydrogen-bond acceptors (Lipinski definition) is 7. The highest BCUT2D eigenvalue weighted by Crippen LogP contribution is 2.03. The molecule has 0 aromatic rings. The molecule has 4 atom stereocenters. The number of rotatable bonds is 10. The Morgan fingerprint density at radius 2 is 1.60 bits per heavy atom. The Morgan fingerprint density at radius 1 is 1.04 bits per heavy atom. The predicted octanol–water partition coefficient (Wildman–Crippen LogP) is -2.55. The summed E-state index contributed by atoms with van der Waals surface area (Å²) in [7, 11) is 0. The van der Waals surface area contributed by atoms with Crippen LogP contribution in [0, 0.1) is 5.92 Å². The van der Waals surface area contributed by atoms with Crippen LogP contribution in [0.1, 0.15) is 20.8 Å². The van der Waals surface area contributed by atoms with Crippen molar-refractivity contribution < 1.29 is 29.4 Å². The molecule has 10 nitrogen and oxygen atoms in total. The third kappa shape index (κ3) is 8.18. The Labute approximate surface area is 151 Å². The number of thiol groups is 1. The summed E-state index contributed by atoms with van der Waals surface area (Å²) in [6.45, 7) is 4.03. The fourth-order valence-electron chi connectivity index (χ4n) is 1.77. The van der Waals surface area contributed by atoms with Crippen LogP contribution < -0.4 is 21.7 Å². The first-order valence-electron chi connectivity index (χ1n) is 7.66. The Hall–Kier alpha value is -1.85. The predicted molar refractivity (Wildman–Crippen MR) is 92.9 cm³/mol. The first-order chi connectivity index (χ1) is 11.5. The Bertz CT molecular complexity index is 500. The molecule has 11 heteroatoms. The lowest BCUT2D eigenvalue weighted by molar-refractivity contribution is -0.144. The largest absolute Gasteiger partial charge is 0.480 e. The topological polar surface area (TPSA) is 171 Å². The molecule has 0 radical (unpaired) electrons. The molecule has 0 saturated carbocycles. The van der Waals surface area contributed by atoms with Crippen LogP contribution in [0.15, 0.2) is 0 Å². The van der Waals surface area contributed by atoms with Crippen LogP contribution in [0.2, 0.25) is 0 Å². The van der Waals surface area contributed by atoms with E-state index in [9.17, 15) is 24.3 Å². The van der Waals surface area contributed by atoms with Crippen LogP contribution in [0.3, 0.4) is 0 Å². The quantitative estimate of drug-likeness (QED) is 0.205. The van der Waals surface area contributed by atoms with Crippen LogP contribution in [0.4, 0.5) is 0 Å². The monoisotopic (exact) mass is 378 g/mol. The molecular weight excluding hydrogens is 352 g/mol. The summed E-state index contributed by atoms with van der Waals surface area (Å²) in [5, 5.41) is 25.5. The Kier molecular flexibility index (Phi) is 10.1. The van der Waals surface area contributed by atoms with E-state index in [4.69, 9.17) is 10.8 Å². The van der Waals surface area contributed by atoms with Crippen molar-refractivity contribution >= 4 is 36.3 Å². The molecule has 0 rings (SSSR count). The minimum atomic E-state index is -1.37. The van der Waals surface area contributed by atoms with Crippen molar-refractivity contribution in [2.24, 2.45) is 11.7 Å². The van der Waals surface area contributed by atoms with Gasteiger partial charge >= 0.3 is 5.97 Å². The number of carbonyl (C=O) groups excluding carboxylic acids is 3. The zero-order valence-corrected chi connectivity index (χ0v) is 15.2. The standard InChI is InChI=1S/C14H26N4O6S/c1-6(2)10(14(23)24)18-13(22)11(7(3)19)17-9(20)4-16-12(21)8(15)5-25/h6-8,10-11,19,25H,4-5,15H2,1-3H3,(H,16,21)(H,17,20)(H,18,22)(H,23,24). The zero-order valence-electron chi connectivity index (χ0n) is 14.4. The van der Waals surface area contributed by atoms with Crippen LogP contribution >= 0.6 is 12.6 Å². The molecule has 0 saturated heterocycles. The molecule has 0 aromatic carbocycles. The molecule has 144 valence electrons. The highest BCUT2D eigenvalue weighted by atomic mass is 32.1. The number of hydrogen-bond donors (Lipinski definition) is 7. The normalized spacial score (nSPS) is 15.6. The minimum absolute atomic E-state index is 0.0952. The maximum Gasteiger partial charge on any atom is 0.326 e. The van der Waals surface area contributed by atoms with E-state index in [1.165, 1.54) is 6.92 Å². The maximum atomic E-state index is 12.2. The third-order valence-electron chi connectivity index (χ3n) is 3.27. The van der Waals surface area contributed by atoms with E-state index >= 15 is 0 Å². The number of carboxylic acids is 1. The molecule has 3 amide bonds. The van der Waals surface area contributed by atoms with Crippen LogP contribution in [-0.2, 0) is 19.2 Å². The lowest BCUT2D eigenvalue weighted by Crippen LogP contribution is -2.58. The number of carbonyl (C=O) groups is 4. The highest BCUT2D eigenvalue weighted by molar-refractivity contribution is 7.80. The molecule has 7 N–H and O–H groups in total. The van der Waals surface area contributed by atoms with Crippen molar-refractivity contribution in [1.82, 2.24) is 16.0 Å². The molecule has 25 heavy (non-hydrogen) atoms. The SMILES string of the molecule is CC(C)C(NC(=O)C(NC(=O)CNC(=O)C(N)CS)C(C)O)C(=O)O.